The van der Waals surface area contributed by atoms with Gasteiger partial charge >= 0.3 is 7.60 Å². The van der Waals surface area contributed by atoms with E-state index in [2.05, 4.69) is 0 Å². The molecule has 1 saturated heterocycles. The molecule has 1 aliphatic heterocycles. The van der Waals surface area contributed by atoms with Crippen LogP contribution < -0.4 is 0 Å². The van der Waals surface area contributed by atoms with Gasteiger partial charge in [0.1, 0.15) is 6.16 Å². The van der Waals surface area contributed by atoms with Gasteiger partial charge in [-0.05, 0) is 20.8 Å². The van der Waals surface area contributed by atoms with Gasteiger partial charge in [0.25, 0.3) is 0 Å². The Balaban J connectivity index is 2.38. The van der Waals surface area contributed by atoms with Crippen molar-refractivity contribution in [2.75, 3.05) is 19.4 Å². The Bertz CT molecular complexity index is 204. The van der Waals surface area contributed by atoms with Gasteiger partial charge in [-0.25, -0.2) is 0 Å². The van der Waals surface area contributed by atoms with Crippen LogP contribution in [0.3, 0.4) is 0 Å². The minimum atomic E-state index is -3.02. The fourth-order valence-electron chi connectivity index (χ4n) is 1.24. The first-order chi connectivity index (χ1) is 6.59. The second-order valence-electron chi connectivity index (χ2n) is 2.90. The Morgan fingerprint density at radius 1 is 1.21 bits per heavy atom. The lowest BCUT2D eigenvalue weighted by atomic mass is 10.6. The smallest absolute Gasteiger partial charge is 0.323 e. The summed E-state index contributed by atoms with van der Waals surface area (Å²) in [6.45, 7) is 6.05. The van der Waals surface area contributed by atoms with E-state index in [0.717, 1.165) is 0 Å². The van der Waals surface area contributed by atoms with Crippen LogP contribution in [0, 0.1) is 0 Å². The molecule has 0 saturated carbocycles. The average molecular weight is 224 g/mol. The summed E-state index contributed by atoms with van der Waals surface area (Å²) in [5.74, 6) is 0. The van der Waals surface area contributed by atoms with Gasteiger partial charge in [0.05, 0.1) is 13.2 Å². The molecule has 0 spiro atoms. The van der Waals surface area contributed by atoms with Gasteiger partial charge in [-0.3, -0.25) is 4.57 Å². The van der Waals surface area contributed by atoms with E-state index in [4.69, 9.17) is 18.5 Å². The van der Waals surface area contributed by atoms with Crippen molar-refractivity contribution in [2.45, 2.75) is 33.4 Å². The summed E-state index contributed by atoms with van der Waals surface area (Å²) in [5, 5.41) is 0. The van der Waals surface area contributed by atoms with Crippen molar-refractivity contribution >= 4 is 7.60 Å². The van der Waals surface area contributed by atoms with Crippen molar-refractivity contribution in [1.29, 1.82) is 0 Å². The molecule has 0 aromatic carbocycles. The van der Waals surface area contributed by atoms with Gasteiger partial charge in [0.15, 0.2) is 12.6 Å². The maximum atomic E-state index is 11.9. The van der Waals surface area contributed by atoms with Gasteiger partial charge in [-0.1, -0.05) is 0 Å². The molecule has 0 bridgehead atoms. The minimum absolute atomic E-state index is 0.166. The standard InChI is InChI=1S/C8H17O5P/c1-4-10-14(9,11-5-2)6-8-12-7(3)13-8/h7-8H,4-6H2,1-3H3. The zero-order valence-electron chi connectivity index (χ0n) is 8.76. The van der Waals surface area contributed by atoms with Gasteiger partial charge < -0.3 is 18.5 Å². The van der Waals surface area contributed by atoms with Crippen LogP contribution in [0.4, 0.5) is 0 Å². The summed E-state index contributed by atoms with van der Waals surface area (Å²) in [6.07, 6.45) is -0.496. The van der Waals surface area contributed by atoms with Gasteiger partial charge in [0, 0.05) is 0 Å². The molecule has 0 aromatic heterocycles. The van der Waals surface area contributed by atoms with Crippen LogP contribution in [-0.4, -0.2) is 32.0 Å². The van der Waals surface area contributed by atoms with Gasteiger partial charge in [-0.15, -0.1) is 0 Å². The van der Waals surface area contributed by atoms with E-state index in [1.807, 2.05) is 0 Å². The molecule has 0 aliphatic carbocycles. The van der Waals surface area contributed by atoms with Gasteiger partial charge in [-0.2, -0.15) is 0 Å². The largest absolute Gasteiger partial charge is 0.335 e. The van der Waals surface area contributed by atoms with Crippen LogP contribution >= 0.6 is 7.60 Å². The Kier molecular flexibility index (Phi) is 4.54. The van der Waals surface area contributed by atoms with Crippen LogP contribution in [0.1, 0.15) is 20.8 Å². The highest BCUT2D eigenvalue weighted by atomic mass is 31.2. The Morgan fingerprint density at radius 2 is 1.71 bits per heavy atom. The van der Waals surface area contributed by atoms with Crippen molar-refractivity contribution in [1.82, 2.24) is 0 Å². The van der Waals surface area contributed by atoms with E-state index in [9.17, 15) is 4.57 Å². The Morgan fingerprint density at radius 3 is 2.07 bits per heavy atom. The normalized spacial score (nSPS) is 27.4. The molecule has 5 nitrogen and oxygen atoms in total. The maximum absolute atomic E-state index is 11.9. The predicted molar refractivity (Wildman–Crippen MR) is 51.1 cm³/mol. The van der Waals surface area contributed by atoms with Crippen molar-refractivity contribution in [2.24, 2.45) is 0 Å². The molecule has 0 radical (unpaired) electrons. The molecular weight excluding hydrogens is 207 g/mol. The van der Waals surface area contributed by atoms with Crippen LogP contribution in [-0.2, 0) is 23.1 Å². The van der Waals surface area contributed by atoms with Crippen LogP contribution in [0.5, 0.6) is 0 Å². The zero-order chi connectivity index (χ0) is 10.6. The summed E-state index contributed by atoms with van der Waals surface area (Å²) in [7, 11) is -3.02. The molecule has 14 heavy (non-hydrogen) atoms. The van der Waals surface area contributed by atoms with Crippen LogP contribution in [0.15, 0.2) is 0 Å². The minimum Gasteiger partial charge on any atom is -0.323 e. The topological polar surface area (TPSA) is 54.0 Å². The van der Waals surface area contributed by atoms with E-state index in [-0.39, 0.29) is 12.5 Å². The number of hydrogen-bond acceptors (Lipinski definition) is 5. The SMILES string of the molecule is CCOP(=O)(CC1OC(C)O1)OCC. The van der Waals surface area contributed by atoms with Crippen molar-refractivity contribution in [3.05, 3.63) is 0 Å². The third kappa shape index (κ3) is 3.33. The second-order valence-corrected chi connectivity index (χ2v) is 5.00. The molecule has 6 heteroatoms. The summed E-state index contributed by atoms with van der Waals surface area (Å²) < 4.78 is 32.4. The summed E-state index contributed by atoms with van der Waals surface area (Å²) in [4.78, 5) is 0. The number of hydrogen-bond donors (Lipinski definition) is 0. The highest BCUT2D eigenvalue weighted by molar-refractivity contribution is 7.53. The molecule has 1 rings (SSSR count). The first-order valence-electron chi connectivity index (χ1n) is 4.78. The molecule has 0 N–H and O–H groups in total. The molecule has 0 atom stereocenters. The molecule has 0 aromatic rings. The van der Waals surface area contributed by atoms with E-state index in [1.54, 1.807) is 20.8 Å². The zero-order valence-corrected chi connectivity index (χ0v) is 9.66. The van der Waals surface area contributed by atoms with E-state index in [0.29, 0.717) is 13.2 Å². The monoisotopic (exact) mass is 224 g/mol. The lowest BCUT2D eigenvalue weighted by Gasteiger charge is -2.35. The fraction of sp³-hybridized carbons (Fsp3) is 1.00. The quantitative estimate of drug-likeness (QED) is 0.645. The van der Waals surface area contributed by atoms with Crippen molar-refractivity contribution in [3.8, 4) is 0 Å². The van der Waals surface area contributed by atoms with Crippen LogP contribution in [0.2, 0.25) is 0 Å². The highest BCUT2D eigenvalue weighted by Crippen LogP contribution is 2.50. The molecule has 0 amide bonds. The van der Waals surface area contributed by atoms with Crippen molar-refractivity contribution < 1.29 is 23.1 Å². The highest BCUT2D eigenvalue weighted by Gasteiger charge is 2.36. The lowest BCUT2D eigenvalue weighted by Crippen LogP contribution is -2.41. The maximum Gasteiger partial charge on any atom is 0.335 e. The fourth-order valence-corrected chi connectivity index (χ4v) is 2.85. The van der Waals surface area contributed by atoms with Crippen LogP contribution in [0.25, 0.3) is 0 Å². The lowest BCUT2D eigenvalue weighted by molar-refractivity contribution is -0.366. The number of ether oxygens (including phenoxy) is 2. The van der Waals surface area contributed by atoms with Gasteiger partial charge in [0.2, 0.25) is 0 Å². The molecular formula is C8H17O5P. The summed E-state index contributed by atoms with van der Waals surface area (Å²) in [6, 6.07) is 0. The van der Waals surface area contributed by atoms with E-state index in [1.165, 1.54) is 0 Å². The molecule has 0 unspecified atom stereocenters. The first kappa shape index (κ1) is 12.1. The van der Waals surface area contributed by atoms with E-state index >= 15 is 0 Å². The third-order valence-electron chi connectivity index (χ3n) is 1.71. The van der Waals surface area contributed by atoms with Crippen molar-refractivity contribution in [3.63, 3.8) is 0 Å². The molecule has 1 heterocycles. The molecule has 84 valence electrons. The Hall–Kier alpha value is 0.0700. The molecule has 1 aliphatic rings. The van der Waals surface area contributed by atoms with E-state index < -0.39 is 13.9 Å². The predicted octanol–water partition coefficient (Wildman–Crippen LogP) is 1.97. The second kappa shape index (κ2) is 5.24. The first-order valence-corrected chi connectivity index (χ1v) is 6.51. The third-order valence-corrected chi connectivity index (χ3v) is 3.76. The molecule has 1 fully saturated rings. The Labute approximate surface area is 84.2 Å². The summed E-state index contributed by atoms with van der Waals surface area (Å²) in [5.41, 5.74) is 0. The summed E-state index contributed by atoms with van der Waals surface area (Å²) >= 11 is 0. The average Bonchev–Trinajstić information content (AvgIpc) is 2.02. The number of rotatable bonds is 6.